The van der Waals surface area contributed by atoms with E-state index in [1.165, 1.54) is 4.88 Å². The van der Waals surface area contributed by atoms with E-state index in [1.807, 2.05) is 30.5 Å². The average Bonchev–Trinajstić information content (AvgIpc) is 3.35. The van der Waals surface area contributed by atoms with Crippen LogP contribution in [0.5, 0.6) is 0 Å². The van der Waals surface area contributed by atoms with Crippen LogP contribution in [0, 0.1) is 19.8 Å². The number of hydrogen-bond donors (Lipinski definition) is 1. The van der Waals surface area contributed by atoms with E-state index < -0.39 is 0 Å². The van der Waals surface area contributed by atoms with Crippen molar-refractivity contribution < 1.29 is 9.21 Å². The molecule has 1 N–H and O–H groups in total. The fraction of sp³-hybridized carbons (Fsp3) is 0.429. The number of carbonyl (C=O) groups excluding carboxylic acids is 1. The third kappa shape index (κ3) is 3.99. The summed E-state index contributed by atoms with van der Waals surface area (Å²) in [5, 5.41) is 13.5. The Kier molecular flexibility index (Phi) is 5.52. The minimum absolute atomic E-state index is 0.0425. The van der Waals surface area contributed by atoms with Crippen LogP contribution in [0.15, 0.2) is 34.2 Å². The molecule has 1 saturated carbocycles. The van der Waals surface area contributed by atoms with Gasteiger partial charge in [0.15, 0.2) is 0 Å². The van der Waals surface area contributed by atoms with Gasteiger partial charge in [-0.2, -0.15) is 0 Å². The van der Waals surface area contributed by atoms with Crippen molar-refractivity contribution in [2.45, 2.75) is 45.4 Å². The van der Waals surface area contributed by atoms with Crippen LogP contribution in [0.4, 0.5) is 0 Å². The normalized spacial score (nSPS) is 19.5. The molecule has 3 aromatic rings. The Hall–Kier alpha value is -2.54. The van der Waals surface area contributed by atoms with Gasteiger partial charge in [-0.05, 0) is 63.1 Å². The maximum Gasteiger partial charge on any atom is 0.266 e. The van der Waals surface area contributed by atoms with Crippen molar-refractivity contribution in [3.63, 3.8) is 0 Å². The molecule has 0 unspecified atom stereocenters. The van der Waals surface area contributed by atoms with E-state index in [2.05, 4.69) is 27.4 Å². The van der Waals surface area contributed by atoms with E-state index in [4.69, 9.17) is 4.42 Å². The number of nitrogens with zero attached hydrogens (tertiary/aromatic N) is 3. The number of aryl methyl sites for hydroxylation is 1. The first-order valence-corrected chi connectivity index (χ1v) is 10.6. The lowest BCUT2D eigenvalue weighted by Gasteiger charge is -2.26. The Labute approximate surface area is 168 Å². The zero-order chi connectivity index (χ0) is 19.5. The minimum atomic E-state index is 0.0425. The Morgan fingerprint density at radius 3 is 2.71 bits per heavy atom. The molecule has 7 heteroatoms. The van der Waals surface area contributed by atoms with Gasteiger partial charge in [-0.15, -0.1) is 21.5 Å². The third-order valence-corrected chi connectivity index (χ3v) is 6.62. The molecule has 6 nitrogen and oxygen atoms in total. The lowest BCUT2D eigenvalue weighted by molar-refractivity contribution is 0.0942. The fourth-order valence-electron chi connectivity index (χ4n) is 3.68. The lowest BCUT2D eigenvalue weighted by atomic mass is 9.82. The SMILES string of the molecule is Cc1scc(C(=O)NCC2CCC(c3nnc(-c4ccccn4)o3)CC2)c1C. The van der Waals surface area contributed by atoms with Gasteiger partial charge >= 0.3 is 0 Å². The van der Waals surface area contributed by atoms with Gasteiger partial charge < -0.3 is 9.73 Å². The van der Waals surface area contributed by atoms with Crippen molar-refractivity contribution in [2.24, 2.45) is 5.92 Å². The van der Waals surface area contributed by atoms with Crippen LogP contribution in [0.25, 0.3) is 11.6 Å². The first kappa shape index (κ1) is 18.8. The number of pyridine rings is 1. The van der Waals surface area contributed by atoms with Gasteiger partial charge in [0.2, 0.25) is 5.89 Å². The predicted octanol–water partition coefficient (Wildman–Crippen LogP) is 4.51. The molecule has 1 aliphatic carbocycles. The highest BCUT2D eigenvalue weighted by molar-refractivity contribution is 7.10. The van der Waals surface area contributed by atoms with Crippen LogP contribution in [-0.2, 0) is 0 Å². The smallest absolute Gasteiger partial charge is 0.266 e. The summed E-state index contributed by atoms with van der Waals surface area (Å²) in [6.45, 7) is 4.79. The Bertz CT molecular complexity index is 942. The second-order valence-corrected chi connectivity index (χ2v) is 8.50. The van der Waals surface area contributed by atoms with Crippen LogP contribution >= 0.6 is 11.3 Å². The van der Waals surface area contributed by atoms with Crippen molar-refractivity contribution in [1.29, 1.82) is 0 Å². The summed E-state index contributed by atoms with van der Waals surface area (Å²) in [4.78, 5) is 17.9. The molecule has 146 valence electrons. The fourth-order valence-corrected chi connectivity index (χ4v) is 4.54. The largest absolute Gasteiger partial charge is 0.419 e. The summed E-state index contributed by atoms with van der Waals surface area (Å²) >= 11 is 1.63. The van der Waals surface area contributed by atoms with Crippen LogP contribution in [0.1, 0.15) is 58.3 Å². The third-order valence-electron chi connectivity index (χ3n) is 5.60. The van der Waals surface area contributed by atoms with Gasteiger partial charge in [0, 0.05) is 28.9 Å². The average molecular weight is 397 g/mol. The number of rotatable bonds is 5. The van der Waals surface area contributed by atoms with Gasteiger partial charge in [0.25, 0.3) is 11.8 Å². The molecule has 0 saturated heterocycles. The van der Waals surface area contributed by atoms with Gasteiger partial charge in [-0.1, -0.05) is 6.07 Å². The van der Waals surface area contributed by atoms with Crippen molar-refractivity contribution in [3.05, 3.63) is 51.7 Å². The minimum Gasteiger partial charge on any atom is -0.419 e. The molecule has 0 aromatic carbocycles. The molecule has 0 aliphatic heterocycles. The molecule has 0 bridgehead atoms. The molecular weight excluding hydrogens is 372 g/mol. The quantitative estimate of drug-likeness (QED) is 0.686. The molecule has 3 heterocycles. The second-order valence-electron chi connectivity index (χ2n) is 7.42. The number of hydrogen-bond acceptors (Lipinski definition) is 6. The zero-order valence-electron chi connectivity index (χ0n) is 16.1. The van der Waals surface area contributed by atoms with Crippen molar-refractivity contribution in [3.8, 4) is 11.6 Å². The summed E-state index contributed by atoms with van der Waals surface area (Å²) in [6, 6.07) is 5.64. The number of carbonyl (C=O) groups is 1. The molecule has 0 spiro atoms. The maximum absolute atomic E-state index is 12.4. The van der Waals surface area contributed by atoms with E-state index in [9.17, 15) is 4.79 Å². The summed E-state index contributed by atoms with van der Waals surface area (Å²) in [5.74, 6) is 2.01. The van der Waals surface area contributed by atoms with E-state index in [0.29, 0.717) is 29.3 Å². The second kappa shape index (κ2) is 8.22. The summed E-state index contributed by atoms with van der Waals surface area (Å²) in [5.41, 5.74) is 2.60. The summed E-state index contributed by atoms with van der Waals surface area (Å²) in [6.07, 6.45) is 5.82. The highest BCUT2D eigenvalue weighted by Crippen LogP contribution is 2.35. The van der Waals surface area contributed by atoms with Crippen LogP contribution in [0.2, 0.25) is 0 Å². The van der Waals surface area contributed by atoms with Crippen molar-refractivity contribution in [1.82, 2.24) is 20.5 Å². The molecule has 1 amide bonds. The Balaban J connectivity index is 1.29. The molecule has 0 radical (unpaired) electrons. The van der Waals surface area contributed by atoms with Crippen LogP contribution < -0.4 is 5.32 Å². The number of aromatic nitrogens is 3. The molecule has 3 aromatic heterocycles. The van der Waals surface area contributed by atoms with Crippen LogP contribution in [0.3, 0.4) is 0 Å². The van der Waals surface area contributed by atoms with Gasteiger partial charge in [-0.3, -0.25) is 9.78 Å². The number of amides is 1. The molecule has 0 atom stereocenters. The highest BCUT2D eigenvalue weighted by atomic mass is 32.1. The number of nitrogens with one attached hydrogen (secondary N) is 1. The summed E-state index contributed by atoms with van der Waals surface area (Å²) < 4.78 is 5.86. The predicted molar refractivity (Wildman–Crippen MR) is 108 cm³/mol. The highest BCUT2D eigenvalue weighted by Gasteiger charge is 2.27. The monoisotopic (exact) mass is 396 g/mol. The van der Waals surface area contributed by atoms with Crippen molar-refractivity contribution in [2.75, 3.05) is 6.54 Å². The van der Waals surface area contributed by atoms with Crippen molar-refractivity contribution >= 4 is 17.2 Å². The number of thiophene rings is 1. The Morgan fingerprint density at radius 2 is 2.04 bits per heavy atom. The molecule has 1 fully saturated rings. The van der Waals surface area contributed by atoms with E-state index in [-0.39, 0.29) is 5.91 Å². The van der Waals surface area contributed by atoms with E-state index in [1.54, 1.807) is 17.5 Å². The molecule has 28 heavy (non-hydrogen) atoms. The topological polar surface area (TPSA) is 80.9 Å². The maximum atomic E-state index is 12.4. The van der Waals surface area contributed by atoms with E-state index in [0.717, 1.165) is 43.4 Å². The van der Waals surface area contributed by atoms with E-state index >= 15 is 0 Å². The van der Waals surface area contributed by atoms with Gasteiger partial charge in [0.05, 0.1) is 5.56 Å². The first-order valence-electron chi connectivity index (χ1n) is 9.69. The first-order chi connectivity index (χ1) is 13.6. The lowest BCUT2D eigenvalue weighted by Crippen LogP contribution is -2.31. The Morgan fingerprint density at radius 1 is 1.21 bits per heavy atom. The van der Waals surface area contributed by atoms with Gasteiger partial charge in [0.1, 0.15) is 5.69 Å². The molecular formula is C21H24N4O2S. The molecule has 4 rings (SSSR count). The van der Waals surface area contributed by atoms with Crippen LogP contribution in [-0.4, -0.2) is 27.6 Å². The molecule has 1 aliphatic rings. The summed E-state index contributed by atoms with van der Waals surface area (Å²) in [7, 11) is 0. The zero-order valence-corrected chi connectivity index (χ0v) is 17.0. The van der Waals surface area contributed by atoms with Gasteiger partial charge in [-0.25, -0.2) is 0 Å². The standard InChI is InChI=1S/C21H24N4O2S/c1-13-14(2)28-12-17(13)19(26)23-11-15-6-8-16(9-7-15)20-24-25-21(27-20)18-5-3-4-10-22-18/h3-5,10,12,15-16H,6-9,11H2,1-2H3,(H,23,26).